The van der Waals surface area contributed by atoms with E-state index in [1.165, 1.54) is 0 Å². The fourth-order valence-corrected chi connectivity index (χ4v) is 2.06. The first-order valence-corrected chi connectivity index (χ1v) is 6.63. The first-order chi connectivity index (χ1) is 9.51. The van der Waals surface area contributed by atoms with Crippen LogP contribution in [0.25, 0.3) is 0 Å². The molecule has 0 amide bonds. The van der Waals surface area contributed by atoms with Crippen molar-refractivity contribution in [2.24, 2.45) is 0 Å². The highest BCUT2D eigenvalue weighted by atomic mass is 35.5. The number of nitrogens with zero attached hydrogens (tertiary/aromatic N) is 1. The molecule has 0 saturated carbocycles. The molecule has 1 aromatic heterocycles. The van der Waals surface area contributed by atoms with Gasteiger partial charge in [0.15, 0.2) is 0 Å². The summed E-state index contributed by atoms with van der Waals surface area (Å²) >= 11 is 6.05. The molecule has 0 bridgehead atoms. The van der Waals surface area contributed by atoms with Gasteiger partial charge in [0, 0.05) is 29.3 Å². The van der Waals surface area contributed by atoms with Crippen LogP contribution >= 0.6 is 11.6 Å². The number of aromatic nitrogens is 2. The lowest BCUT2D eigenvalue weighted by Crippen LogP contribution is -2.19. The van der Waals surface area contributed by atoms with Crippen LogP contribution in [0.2, 0.25) is 5.02 Å². The van der Waals surface area contributed by atoms with Crippen LogP contribution < -0.4 is 10.9 Å². The van der Waals surface area contributed by atoms with Crippen molar-refractivity contribution in [3.05, 3.63) is 50.4 Å². The van der Waals surface area contributed by atoms with Crippen LogP contribution in [-0.2, 0) is 6.42 Å². The molecule has 1 heterocycles. The molecule has 0 saturated heterocycles. The maximum atomic E-state index is 11.9. The highest BCUT2D eigenvalue weighted by Gasteiger charge is 2.08. The number of H-pyrrole nitrogens is 1. The number of hydrogen-bond acceptors (Lipinski definition) is 4. The largest absolute Gasteiger partial charge is 0.396 e. The van der Waals surface area contributed by atoms with E-state index in [-0.39, 0.29) is 12.2 Å². The lowest BCUT2D eigenvalue weighted by Gasteiger charge is -2.09. The first-order valence-electron chi connectivity index (χ1n) is 6.25. The molecule has 0 aliphatic heterocycles. The van der Waals surface area contributed by atoms with Gasteiger partial charge in [-0.15, -0.1) is 0 Å². The fraction of sp³-hybridized carbons (Fsp3) is 0.286. The summed E-state index contributed by atoms with van der Waals surface area (Å²) < 4.78 is 0. The van der Waals surface area contributed by atoms with Gasteiger partial charge in [-0.05, 0) is 31.5 Å². The van der Waals surface area contributed by atoms with Crippen LogP contribution in [0.15, 0.2) is 23.0 Å². The molecule has 0 atom stereocenters. The number of rotatable bonds is 4. The van der Waals surface area contributed by atoms with Gasteiger partial charge >= 0.3 is 0 Å². The molecule has 0 radical (unpaired) electrons. The quantitative estimate of drug-likeness (QED) is 0.808. The Bertz CT molecular complexity index is 683. The number of nitrogens with one attached hydrogen (secondary N) is 2. The minimum Gasteiger partial charge on any atom is -0.396 e. The van der Waals surface area contributed by atoms with Gasteiger partial charge in [0.2, 0.25) is 5.95 Å². The van der Waals surface area contributed by atoms with E-state index in [2.05, 4.69) is 15.3 Å². The minimum absolute atomic E-state index is 0.0774. The summed E-state index contributed by atoms with van der Waals surface area (Å²) in [5.74, 6) is 0.356. The van der Waals surface area contributed by atoms with Crippen LogP contribution in [0.5, 0.6) is 0 Å². The Balaban J connectivity index is 2.30. The predicted octanol–water partition coefficient (Wildman–Crippen LogP) is 2.32. The van der Waals surface area contributed by atoms with Crippen molar-refractivity contribution < 1.29 is 5.11 Å². The Kier molecular flexibility index (Phi) is 4.42. The summed E-state index contributed by atoms with van der Waals surface area (Å²) in [4.78, 5) is 18.8. The molecular weight excluding hydrogens is 278 g/mol. The molecule has 106 valence electrons. The number of aryl methyl sites for hydroxylation is 2. The summed E-state index contributed by atoms with van der Waals surface area (Å²) in [7, 11) is 0. The maximum Gasteiger partial charge on any atom is 0.255 e. The Morgan fingerprint density at radius 2 is 2.15 bits per heavy atom. The van der Waals surface area contributed by atoms with Gasteiger partial charge in [-0.3, -0.25) is 9.78 Å². The molecule has 3 N–H and O–H groups in total. The van der Waals surface area contributed by atoms with Crippen LogP contribution in [0.1, 0.15) is 16.8 Å². The Morgan fingerprint density at radius 3 is 2.75 bits per heavy atom. The summed E-state index contributed by atoms with van der Waals surface area (Å²) in [5, 5.41) is 12.6. The average Bonchev–Trinajstić information content (AvgIpc) is 2.38. The lowest BCUT2D eigenvalue weighted by atomic mass is 10.2. The molecule has 2 aromatic rings. The van der Waals surface area contributed by atoms with E-state index in [0.29, 0.717) is 28.6 Å². The Hall–Kier alpha value is -1.85. The highest BCUT2D eigenvalue weighted by molar-refractivity contribution is 6.31. The molecule has 1 aromatic carbocycles. The van der Waals surface area contributed by atoms with Gasteiger partial charge in [0.05, 0.1) is 5.69 Å². The Morgan fingerprint density at radius 1 is 1.40 bits per heavy atom. The number of aliphatic hydroxyl groups excluding tert-OH is 1. The average molecular weight is 294 g/mol. The monoisotopic (exact) mass is 293 g/mol. The van der Waals surface area contributed by atoms with E-state index in [1.54, 1.807) is 13.0 Å². The number of halogens is 1. The molecule has 20 heavy (non-hydrogen) atoms. The number of benzene rings is 1. The number of aromatic amines is 1. The number of hydrogen-bond donors (Lipinski definition) is 3. The lowest BCUT2D eigenvalue weighted by molar-refractivity contribution is 0.298. The fourth-order valence-electron chi connectivity index (χ4n) is 1.88. The van der Waals surface area contributed by atoms with Gasteiger partial charge < -0.3 is 10.4 Å². The minimum atomic E-state index is -0.243. The zero-order chi connectivity index (χ0) is 14.7. The predicted molar refractivity (Wildman–Crippen MR) is 79.9 cm³/mol. The van der Waals surface area contributed by atoms with Crippen molar-refractivity contribution >= 4 is 23.2 Å². The molecule has 0 unspecified atom stereocenters. The molecule has 5 nitrogen and oxygen atoms in total. The normalized spacial score (nSPS) is 10.6. The zero-order valence-corrected chi connectivity index (χ0v) is 12.1. The molecule has 0 spiro atoms. The van der Waals surface area contributed by atoms with Crippen molar-refractivity contribution in [1.29, 1.82) is 0 Å². The van der Waals surface area contributed by atoms with Gasteiger partial charge in [0.25, 0.3) is 5.56 Å². The highest BCUT2D eigenvalue weighted by Crippen LogP contribution is 2.21. The van der Waals surface area contributed by atoms with Crippen molar-refractivity contribution in [3.8, 4) is 0 Å². The van der Waals surface area contributed by atoms with Gasteiger partial charge in [-0.25, -0.2) is 4.98 Å². The summed E-state index contributed by atoms with van der Waals surface area (Å²) in [6.07, 6.45) is 0.296. The number of anilines is 2. The van der Waals surface area contributed by atoms with Gasteiger partial charge in [-0.1, -0.05) is 17.7 Å². The smallest absolute Gasteiger partial charge is 0.255 e. The summed E-state index contributed by atoms with van der Waals surface area (Å²) in [6, 6.07) is 5.52. The van der Waals surface area contributed by atoms with E-state index in [9.17, 15) is 4.79 Å². The van der Waals surface area contributed by atoms with Gasteiger partial charge in [-0.2, -0.15) is 0 Å². The second kappa shape index (κ2) is 6.07. The molecular formula is C14H16ClN3O2. The van der Waals surface area contributed by atoms with Crippen molar-refractivity contribution in [2.45, 2.75) is 20.3 Å². The molecule has 0 aliphatic carbocycles. The number of aliphatic hydroxyl groups is 1. The van der Waals surface area contributed by atoms with E-state index < -0.39 is 0 Å². The van der Waals surface area contributed by atoms with Crippen LogP contribution in [0, 0.1) is 13.8 Å². The van der Waals surface area contributed by atoms with Crippen LogP contribution in [0.3, 0.4) is 0 Å². The maximum absolute atomic E-state index is 11.9. The van der Waals surface area contributed by atoms with Crippen LogP contribution in [0.4, 0.5) is 11.6 Å². The molecule has 0 aliphatic rings. The van der Waals surface area contributed by atoms with E-state index in [1.807, 2.05) is 19.1 Å². The molecule has 0 fully saturated rings. The standard InChI is InChI=1S/C14H16ClN3O2/c1-8-3-4-10(7-12(8)15)17-14-16-9(2)11(5-6-19)13(20)18-14/h3-4,7,19H,5-6H2,1-2H3,(H2,16,17,18,20). The third-order valence-corrected chi connectivity index (χ3v) is 3.43. The summed E-state index contributed by atoms with van der Waals surface area (Å²) in [6.45, 7) is 3.58. The second-order valence-corrected chi connectivity index (χ2v) is 4.95. The van der Waals surface area contributed by atoms with Crippen molar-refractivity contribution in [1.82, 2.24) is 9.97 Å². The SMILES string of the molecule is Cc1ccc(Nc2nc(C)c(CCO)c(=O)[nH]2)cc1Cl. The topological polar surface area (TPSA) is 78.0 Å². The molecule has 6 heteroatoms. The first kappa shape index (κ1) is 14.6. The van der Waals surface area contributed by atoms with Crippen molar-refractivity contribution in [3.63, 3.8) is 0 Å². The third-order valence-electron chi connectivity index (χ3n) is 3.02. The van der Waals surface area contributed by atoms with Gasteiger partial charge in [0.1, 0.15) is 0 Å². The van der Waals surface area contributed by atoms with Crippen LogP contribution in [-0.4, -0.2) is 21.7 Å². The molecule has 2 rings (SSSR count). The third kappa shape index (κ3) is 3.18. The van der Waals surface area contributed by atoms with E-state index >= 15 is 0 Å². The second-order valence-electron chi connectivity index (χ2n) is 4.54. The Labute approximate surface area is 121 Å². The zero-order valence-electron chi connectivity index (χ0n) is 11.3. The van der Waals surface area contributed by atoms with Crippen molar-refractivity contribution in [2.75, 3.05) is 11.9 Å². The van der Waals surface area contributed by atoms with E-state index in [4.69, 9.17) is 16.7 Å². The summed E-state index contributed by atoms with van der Waals surface area (Å²) in [5.41, 5.74) is 2.59. The van der Waals surface area contributed by atoms with E-state index in [0.717, 1.165) is 11.3 Å².